The molecule has 1 unspecified atom stereocenters. The summed E-state index contributed by atoms with van der Waals surface area (Å²) in [5, 5.41) is 8.97. The number of aliphatic hydroxyl groups excluding tert-OH is 1. The molecule has 0 fully saturated rings. The summed E-state index contributed by atoms with van der Waals surface area (Å²) in [6.07, 6.45) is 1.76. The summed E-state index contributed by atoms with van der Waals surface area (Å²) in [6.45, 7) is 7.61. The van der Waals surface area contributed by atoms with Crippen LogP contribution in [0.4, 0.5) is 0 Å². The SMILES string of the molecule is C=CCN(CCO)CC(C)C(=O)OCc1ccccc1. The third-order valence-electron chi connectivity index (χ3n) is 2.96. The van der Waals surface area contributed by atoms with Crippen molar-refractivity contribution < 1.29 is 14.6 Å². The molecule has 1 aromatic carbocycles. The van der Waals surface area contributed by atoms with Crippen LogP contribution in [0.5, 0.6) is 0 Å². The molecule has 0 bridgehead atoms. The fraction of sp³-hybridized carbons (Fsp3) is 0.438. The van der Waals surface area contributed by atoms with Crippen LogP contribution in [0, 0.1) is 5.92 Å². The zero-order chi connectivity index (χ0) is 14.8. The van der Waals surface area contributed by atoms with Gasteiger partial charge in [-0.15, -0.1) is 6.58 Å². The number of benzene rings is 1. The largest absolute Gasteiger partial charge is 0.461 e. The van der Waals surface area contributed by atoms with Crippen LogP contribution in [-0.4, -0.2) is 42.2 Å². The number of aliphatic hydroxyl groups is 1. The minimum Gasteiger partial charge on any atom is -0.461 e. The Bertz CT molecular complexity index is 405. The van der Waals surface area contributed by atoms with Crippen molar-refractivity contribution in [1.29, 1.82) is 0 Å². The van der Waals surface area contributed by atoms with E-state index in [9.17, 15) is 4.79 Å². The molecule has 0 aliphatic carbocycles. The van der Waals surface area contributed by atoms with Crippen molar-refractivity contribution in [1.82, 2.24) is 4.90 Å². The van der Waals surface area contributed by atoms with Crippen LogP contribution in [0.1, 0.15) is 12.5 Å². The molecule has 1 atom stereocenters. The van der Waals surface area contributed by atoms with Gasteiger partial charge in [-0.3, -0.25) is 9.69 Å². The Labute approximate surface area is 120 Å². The lowest BCUT2D eigenvalue weighted by molar-refractivity contribution is -0.149. The van der Waals surface area contributed by atoms with E-state index >= 15 is 0 Å². The lowest BCUT2D eigenvalue weighted by atomic mass is 10.1. The highest BCUT2D eigenvalue weighted by Crippen LogP contribution is 2.06. The molecular weight excluding hydrogens is 254 g/mol. The number of hydrogen-bond acceptors (Lipinski definition) is 4. The van der Waals surface area contributed by atoms with Gasteiger partial charge in [-0.2, -0.15) is 0 Å². The summed E-state index contributed by atoms with van der Waals surface area (Å²) in [6, 6.07) is 9.61. The summed E-state index contributed by atoms with van der Waals surface area (Å²) in [5.74, 6) is -0.453. The summed E-state index contributed by atoms with van der Waals surface area (Å²) in [5.41, 5.74) is 0.978. The molecule has 0 saturated heterocycles. The smallest absolute Gasteiger partial charge is 0.310 e. The molecule has 0 amide bonds. The Hall–Kier alpha value is -1.65. The first kappa shape index (κ1) is 16.4. The van der Waals surface area contributed by atoms with Crippen molar-refractivity contribution >= 4 is 5.97 Å². The third-order valence-corrected chi connectivity index (χ3v) is 2.96. The summed E-state index contributed by atoms with van der Waals surface area (Å²) in [4.78, 5) is 13.9. The second kappa shape index (κ2) is 9.28. The van der Waals surface area contributed by atoms with Gasteiger partial charge < -0.3 is 9.84 Å². The average Bonchev–Trinajstić information content (AvgIpc) is 2.46. The summed E-state index contributed by atoms with van der Waals surface area (Å²) in [7, 11) is 0. The predicted octanol–water partition coefficient (Wildman–Crippen LogP) is 1.85. The van der Waals surface area contributed by atoms with Gasteiger partial charge in [-0.25, -0.2) is 0 Å². The molecule has 4 heteroatoms. The van der Waals surface area contributed by atoms with Crippen molar-refractivity contribution in [2.24, 2.45) is 5.92 Å². The Kier molecular flexibility index (Phi) is 7.62. The van der Waals surface area contributed by atoms with Gasteiger partial charge in [-0.1, -0.05) is 43.3 Å². The maximum atomic E-state index is 11.9. The number of esters is 1. The number of carbonyl (C=O) groups excluding carboxylic acids is 1. The maximum Gasteiger partial charge on any atom is 0.310 e. The van der Waals surface area contributed by atoms with Crippen molar-refractivity contribution in [2.45, 2.75) is 13.5 Å². The second-order valence-electron chi connectivity index (χ2n) is 4.77. The van der Waals surface area contributed by atoms with Gasteiger partial charge in [0, 0.05) is 19.6 Å². The van der Waals surface area contributed by atoms with Crippen molar-refractivity contribution in [3.8, 4) is 0 Å². The number of rotatable bonds is 9. The zero-order valence-corrected chi connectivity index (χ0v) is 12.0. The summed E-state index contributed by atoms with van der Waals surface area (Å²) >= 11 is 0. The van der Waals surface area contributed by atoms with Gasteiger partial charge in [0.25, 0.3) is 0 Å². The quantitative estimate of drug-likeness (QED) is 0.553. The highest BCUT2D eigenvalue weighted by Gasteiger charge is 2.17. The predicted molar refractivity (Wildman–Crippen MR) is 79.1 cm³/mol. The minimum atomic E-state index is -0.231. The van der Waals surface area contributed by atoms with Crippen LogP contribution in [0.25, 0.3) is 0 Å². The minimum absolute atomic E-state index is 0.0691. The Morgan fingerprint density at radius 1 is 1.45 bits per heavy atom. The number of ether oxygens (including phenoxy) is 1. The Morgan fingerprint density at radius 3 is 2.75 bits per heavy atom. The van der Waals surface area contributed by atoms with Crippen molar-refractivity contribution in [3.05, 3.63) is 48.6 Å². The van der Waals surface area contributed by atoms with E-state index in [1.807, 2.05) is 42.2 Å². The van der Waals surface area contributed by atoms with Gasteiger partial charge in [0.05, 0.1) is 12.5 Å². The molecular formula is C16H23NO3. The fourth-order valence-electron chi connectivity index (χ4n) is 1.91. The standard InChI is InChI=1S/C16H23NO3/c1-3-9-17(10-11-18)12-14(2)16(19)20-13-15-7-5-4-6-8-15/h3-8,14,18H,1,9-13H2,2H3. The molecule has 4 nitrogen and oxygen atoms in total. The molecule has 1 rings (SSSR count). The van der Waals surface area contributed by atoms with E-state index in [1.54, 1.807) is 6.08 Å². The van der Waals surface area contributed by atoms with E-state index in [0.29, 0.717) is 26.2 Å². The monoisotopic (exact) mass is 277 g/mol. The second-order valence-corrected chi connectivity index (χ2v) is 4.77. The maximum absolute atomic E-state index is 11.9. The van der Waals surface area contributed by atoms with Crippen LogP contribution in [0.15, 0.2) is 43.0 Å². The molecule has 0 saturated carbocycles. The van der Waals surface area contributed by atoms with Gasteiger partial charge in [0.2, 0.25) is 0 Å². The highest BCUT2D eigenvalue weighted by atomic mass is 16.5. The molecule has 0 aliphatic heterocycles. The zero-order valence-electron chi connectivity index (χ0n) is 12.0. The van der Waals surface area contributed by atoms with Crippen LogP contribution >= 0.6 is 0 Å². The van der Waals surface area contributed by atoms with Crippen LogP contribution < -0.4 is 0 Å². The molecule has 0 aromatic heterocycles. The van der Waals surface area contributed by atoms with Gasteiger partial charge >= 0.3 is 5.97 Å². The van der Waals surface area contributed by atoms with Crippen molar-refractivity contribution in [3.63, 3.8) is 0 Å². The average molecular weight is 277 g/mol. The normalized spacial score (nSPS) is 12.2. The molecule has 0 aliphatic rings. The van der Waals surface area contributed by atoms with Crippen LogP contribution in [-0.2, 0) is 16.1 Å². The van der Waals surface area contributed by atoms with Gasteiger partial charge in [-0.05, 0) is 5.56 Å². The molecule has 1 aromatic rings. The Morgan fingerprint density at radius 2 is 2.15 bits per heavy atom. The Balaban J connectivity index is 2.39. The van der Waals surface area contributed by atoms with E-state index in [4.69, 9.17) is 9.84 Å². The van der Waals surface area contributed by atoms with E-state index < -0.39 is 0 Å². The molecule has 20 heavy (non-hydrogen) atoms. The van der Waals surface area contributed by atoms with Gasteiger partial charge in [0.15, 0.2) is 0 Å². The molecule has 0 spiro atoms. The highest BCUT2D eigenvalue weighted by molar-refractivity contribution is 5.72. The first-order chi connectivity index (χ1) is 9.67. The first-order valence-electron chi connectivity index (χ1n) is 6.82. The molecule has 0 radical (unpaired) electrons. The van der Waals surface area contributed by atoms with E-state index in [-0.39, 0.29) is 18.5 Å². The number of nitrogens with zero attached hydrogens (tertiary/aromatic N) is 1. The molecule has 0 heterocycles. The van der Waals surface area contributed by atoms with Crippen LogP contribution in [0.2, 0.25) is 0 Å². The third kappa shape index (κ3) is 5.99. The molecule has 110 valence electrons. The molecule has 1 N–H and O–H groups in total. The first-order valence-corrected chi connectivity index (χ1v) is 6.82. The number of carbonyl (C=O) groups is 1. The lowest BCUT2D eigenvalue weighted by Crippen LogP contribution is -2.34. The van der Waals surface area contributed by atoms with E-state index in [0.717, 1.165) is 5.56 Å². The van der Waals surface area contributed by atoms with Gasteiger partial charge in [0.1, 0.15) is 6.61 Å². The van der Waals surface area contributed by atoms with E-state index in [2.05, 4.69) is 6.58 Å². The lowest BCUT2D eigenvalue weighted by Gasteiger charge is -2.22. The fourth-order valence-corrected chi connectivity index (χ4v) is 1.91. The number of hydrogen-bond donors (Lipinski definition) is 1. The van der Waals surface area contributed by atoms with Crippen molar-refractivity contribution in [2.75, 3.05) is 26.2 Å². The topological polar surface area (TPSA) is 49.8 Å². The van der Waals surface area contributed by atoms with Crippen LogP contribution in [0.3, 0.4) is 0 Å². The summed E-state index contributed by atoms with van der Waals surface area (Å²) < 4.78 is 5.29. The van der Waals surface area contributed by atoms with E-state index in [1.165, 1.54) is 0 Å².